The molecule has 22 heavy (non-hydrogen) atoms. The van der Waals surface area contributed by atoms with Crippen molar-refractivity contribution in [3.8, 4) is 0 Å². The number of carbonyl (C=O) groups excluding carboxylic acids is 1. The first-order valence-corrected chi connectivity index (χ1v) is 8.83. The van der Waals surface area contributed by atoms with E-state index in [1.165, 1.54) is 0 Å². The van der Waals surface area contributed by atoms with Crippen LogP contribution in [0.2, 0.25) is 0 Å². The van der Waals surface area contributed by atoms with Crippen LogP contribution < -0.4 is 11.1 Å². The number of amides is 1. The van der Waals surface area contributed by atoms with Crippen molar-refractivity contribution in [3.63, 3.8) is 0 Å². The number of nitrogens with two attached hydrogens (primary N) is 1. The van der Waals surface area contributed by atoms with Crippen LogP contribution in [0.5, 0.6) is 0 Å². The standard InChI is InChI=1S/C15H24N2O4S/c1-11(2)8-13(10-22(19,20)21)17-15(18)14(16)9-12-6-4-3-5-7-12/h3-7,11,13-14H,8-10,16H2,1-2H3,(H,17,18)(H,19,20,21)/t13-,14-/m0/s1. The van der Waals surface area contributed by atoms with E-state index in [1.54, 1.807) is 0 Å². The molecule has 6 nitrogen and oxygen atoms in total. The molecule has 0 aliphatic carbocycles. The number of hydrogen-bond donors (Lipinski definition) is 3. The van der Waals surface area contributed by atoms with Gasteiger partial charge in [0.05, 0.1) is 11.8 Å². The molecule has 0 aromatic heterocycles. The first kappa shape index (κ1) is 18.6. The molecule has 0 fully saturated rings. The third-order valence-corrected chi connectivity index (χ3v) is 3.97. The van der Waals surface area contributed by atoms with Gasteiger partial charge in [0.2, 0.25) is 5.91 Å². The van der Waals surface area contributed by atoms with Crippen LogP contribution in [0, 0.1) is 5.92 Å². The Kier molecular flexibility index (Phi) is 6.99. The normalized spacial score (nSPS) is 14.6. The number of rotatable bonds is 8. The highest BCUT2D eigenvalue weighted by Crippen LogP contribution is 2.08. The first-order valence-electron chi connectivity index (χ1n) is 7.22. The quantitative estimate of drug-likeness (QED) is 0.616. The maximum absolute atomic E-state index is 12.1. The fourth-order valence-corrected chi connectivity index (χ4v) is 2.99. The van der Waals surface area contributed by atoms with Crippen LogP contribution in [0.4, 0.5) is 0 Å². The molecule has 0 bridgehead atoms. The summed E-state index contributed by atoms with van der Waals surface area (Å²) < 4.78 is 31.1. The monoisotopic (exact) mass is 328 g/mol. The number of nitrogens with one attached hydrogen (secondary N) is 1. The van der Waals surface area contributed by atoms with Crippen molar-refractivity contribution in [2.45, 2.75) is 38.8 Å². The van der Waals surface area contributed by atoms with E-state index in [0.717, 1.165) is 5.56 Å². The van der Waals surface area contributed by atoms with Gasteiger partial charge < -0.3 is 11.1 Å². The summed E-state index contributed by atoms with van der Waals surface area (Å²) in [6.07, 6.45) is 0.816. The smallest absolute Gasteiger partial charge is 0.266 e. The van der Waals surface area contributed by atoms with Crippen molar-refractivity contribution in [3.05, 3.63) is 35.9 Å². The van der Waals surface area contributed by atoms with Crippen LogP contribution in [0.3, 0.4) is 0 Å². The van der Waals surface area contributed by atoms with Gasteiger partial charge in [-0.25, -0.2) is 0 Å². The molecule has 7 heteroatoms. The second-order valence-electron chi connectivity index (χ2n) is 5.88. The van der Waals surface area contributed by atoms with Crippen LogP contribution in [0.15, 0.2) is 30.3 Å². The SMILES string of the molecule is CC(C)C[C@@H](CS(=O)(=O)O)NC(=O)[C@@H](N)Cc1ccccc1. The molecule has 1 amide bonds. The summed E-state index contributed by atoms with van der Waals surface area (Å²) >= 11 is 0. The minimum absolute atomic E-state index is 0.178. The third kappa shape index (κ3) is 7.53. The topological polar surface area (TPSA) is 109 Å². The molecular formula is C15H24N2O4S. The van der Waals surface area contributed by atoms with Crippen molar-refractivity contribution in [2.75, 3.05) is 5.75 Å². The molecule has 4 N–H and O–H groups in total. The lowest BCUT2D eigenvalue weighted by atomic mass is 10.0. The minimum atomic E-state index is -4.15. The van der Waals surface area contributed by atoms with E-state index >= 15 is 0 Å². The van der Waals surface area contributed by atoms with Gasteiger partial charge >= 0.3 is 0 Å². The zero-order valence-electron chi connectivity index (χ0n) is 12.9. The fraction of sp³-hybridized carbons (Fsp3) is 0.533. The van der Waals surface area contributed by atoms with E-state index < -0.39 is 33.9 Å². The lowest BCUT2D eigenvalue weighted by Gasteiger charge is -2.21. The van der Waals surface area contributed by atoms with Gasteiger partial charge in [0.1, 0.15) is 0 Å². The molecule has 0 aliphatic heterocycles. The van der Waals surface area contributed by atoms with Gasteiger partial charge in [-0.2, -0.15) is 8.42 Å². The lowest BCUT2D eigenvalue weighted by molar-refractivity contribution is -0.123. The molecule has 124 valence electrons. The lowest BCUT2D eigenvalue weighted by Crippen LogP contribution is -2.48. The predicted octanol–water partition coefficient (Wildman–Crippen LogP) is 0.975. The van der Waals surface area contributed by atoms with Gasteiger partial charge in [0.25, 0.3) is 10.1 Å². The Morgan fingerprint density at radius 3 is 2.36 bits per heavy atom. The van der Waals surface area contributed by atoms with Crippen LogP contribution in [0.25, 0.3) is 0 Å². The van der Waals surface area contributed by atoms with Crippen LogP contribution >= 0.6 is 0 Å². The van der Waals surface area contributed by atoms with Crippen LogP contribution in [0.1, 0.15) is 25.8 Å². The average Bonchev–Trinajstić information content (AvgIpc) is 2.36. The summed E-state index contributed by atoms with van der Waals surface area (Å²) in [5.74, 6) is -0.745. The number of benzene rings is 1. The van der Waals surface area contributed by atoms with Crippen molar-refractivity contribution < 1.29 is 17.8 Å². The second-order valence-corrected chi connectivity index (χ2v) is 7.38. The molecule has 0 heterocycles. The zero-order valence-corrected chi connectivity index (χ0v) is 13.7. The van der Waals surface area contributed by atoms with Gasteiger partial charge in [0, 0.05) is 6.04 Å². The van der Waals surface area contributed by atoms with E-state index in [-0.39, 0.29) is 5.92 Å². The minimum Gasteiger partial charge on any atom is -0.351 e. The Balaban J connectivity index is 2.65. The molecular weight excluding hydrogens is 304 g/mol. The van der Waals surface area contributed by atoms with Crippen LogP contribution in [-0.2, 0) is 21.3 Å². The summed E-state index contributed by atoms with van der Waals surface area (Å²) in [6, 6.07) is 7.93. The Labute approximate surface area is 131 Å². The maximum atomic E-state index is 12.1. The summed E-state index contributed by atoms with van der Waals surface area (Å²) in [5.41, 5.74) is 6.80. The second kappa shape index (κ2) is 8.26. The average molecular weight is 328 g/mol. The van der Waals surface area contributed by atoms with Crippen molar-refractivity contribution in [1.82, 2.24) is 5.32 Å². The molecule has 0 saturated carbocycles. The Hall–Kier alpha value is -1.44. The summed E-state index contributed by atoms with van der Waals surface area (Å²) in [6.45, 7) is 3.82. The van der Waals surface area contributed by atoms with Crippen LogP contribution in [-0.4, -0.2) is 36.7 Å². The van der Waals surface area contributed by atoms with Gasteiger partial charge in [-0.3, -0.25) is 9.35 Å². The summed E-state index contributed by atoms with van der Waals surface area (Å²) in [4.78, 5) is 12.1. The van der Waals surface area contributed by atoms with Gasteiger partial charge in [-0.15, -0.1) is 0 Å². The summed E-state index contributed by atoms with van der Waals surface area (Å²) in [5, 5.41) is 2.62. The molecule has 0 unspecified atom stereocenters. The van der Waals surface area contributed by atoms with E-state index in [4.69, 9.17) is 10.3 Å². The van der Waals surface area contributed by atoms with Gasteiger partial charge in [0.15, 0.2) is 0 Å². The van der Waals surface area contributed by atoms with Crippen molar-refractivity contribution >= 4 is 16.0 Å². The van der Waals surface area contributed by atoms with Crippen molar-refractivity contribution in [1.29, 1.82) is 0 Å². The maximum Gasteiger partial charge on any atom is 0.266 e. The van der Waals surface area contributed by atoms with E-state index in [2.05, 4.69) is 5.32 Å². The number of carbonyl (C=O) groups is 1. The molecule has 0 aliphatic rings. The zero-order chi connectivity index (χ0) is 16.8. The van der Waals surface area contributed by atoms with E-state index in [9.17, 15) is 13.2 Å². The molecule has 0 spiro atoms. The molecule has 0 radical (unpaired) electrons. The van der Waals surface area contributed by atoms with E-state index in [1.807, 2.05) is 44.2 Å². The molecule has 0 saturated heterocycles. The Bertz CT molecular complexity index is 572. The van der Waals surface area contributed by atoms with E-state index in [0.29, 0.717) is 12.8 Å². The van der Waals surface area contributed by atoms with Gasteiger partial charge in [-0.05, 0) is 24.3 Å². The van der Waals surface area contributed by atoms with Gasteiger partial charge in [-0.1, -0.05) is 44.2 Å². The highest BCUT2D eigenvalue weighted by atomic mass is 32.2. The highest BCUT2D eigenvalue weighted by Gasteiger charge is 2.23. The molecule has 1 rings (SSSR count). The third-order valence-electron chi connectivity index (χ3n) is 3.15. The first-order chi connectivity index (χ1) is 10.2. The Morgan fingerprint density at radius 1 is 1.27 bits per heavy atom. The largest absolute Gasteiger partial charge is 0.351 e. The predicted molar refractivity (Wildman–Crippen MR) is 85.9 cm³/mol. The Morgan fingerprint density at radius 2 is 1.86 bits per heavy atom. The summed E-state index contributed by atoms with van der Waals surface area (Å²) in [7, 11) is -4.15. The van der Waals surface area contributed by atoms with Crippen molar-refractivity contribution in [2.24, 2.45) is 11.7 Å². The molecule has 1 aromatic rings. The number of hydrogen-bond acceptors (Lipinski definition) is 4. The molecule has 2 atom stereocenters. The highest BCUT2D eigenvalue weighted by molar-refractivity contribution is 7.85. The fourth-order valence-electron chi connectivity index (χ4n) is 2.26. The molecule has 1 aromatic carbocycles.